The summed E-state index contributed by atoms with van der Waals surface area (Å²) in [5.41, 5.74) is 0.128. The second-order valence-corrected chi connectivity index (χ2v) is 4.23. The van der Waals surface area contributed by atoms with Crippen LogP contribution >= 0.6 is 0 Å². The lowest BCUT2D eigenvalue weighted by atomic mass is 10.2. The Morgan fingerprint density at radius 3 is 2.75 bits per heavy atom. The van der Waals surface area contributed by atoms with Gasteiger partial charge in [0, 0.05) is 6.54 Å². The molecule has 0 amide bonds. The minimum absolute atomic E-state index is 0.475. The third-order valence-electron chi connectivity index (χ3n) is 2.95. The van der Waals surface area contributed by atoms with E-state index in [4.69, 9.17) is 4.42 Å². The van der Waals surface area contributed by atoms with Crippen LogP contribution in [0.1, 0.15) is 12.8 Å². The number of nitrogens with zero attached hydrogens (tertiary/aromatic N) is 1. The maximum absolute atomic E-state index is 11.6. The average molecular weight is 217 g/mol. The quantitative estimate of drug-likeness (QED) is 0.763. The molecule has 1 aliphatic rings. The van der Waals surface area contributed by atoms with Crippen molar-refractivity contribution < 1.29 is 4.42 Å². The third kappa shape index (κ3) is 1.46. The number of fused-ring (bicyclic) bond motifs is 1. The third-order valence-corrected chi connectivity index (χ3v) is 2.95. The molecule has 0 aliphatic heterocycles. The summed E-state index contributed by atoms with van der Waals surface area (Å²) in [6.45, 7) is 0.656. The number of aromatic nitrogens is 1. The van der Waals surface area contributed by atoms with E-state index in [0.717, 1.165) is 12.8 Å². The van der Waals surface area contributed by atoms with Gasteiger partial charge in [-0.3, -0.25) is 4.57 Å². The molecule has 1 aromatic heterocycles. The molecule has 0 N–H and O–H groups in total. The molecule has 1 heterocycles. The Hall–Kier alpha value is -1.84. The first kappa shape index (κ1) is 9.39. The minimum Gasteiger partial charge on any atom is -0.372 e. The van der Waals surface area contributed by atoms with Gasteiger partial charge < -0.3 is 4.42 Å². The van der Waals surface area contributed by atoms with Gasteiger partial charge in [0.2, 0.25) is 0 Å². The first-order chi connectivity index (χ1) is 7.75. The Kier molecular flexibility index (Phi) is 1.96. The summed E-state index contributed by atoms with van der Waals surface area (Å²) >= 11 is 0. The molecule has 4 nitrogen and oxygen atoms in total. The Balaban J connectivity index is 2.32. The molecule has 1 aliphatic carbocycles. The van der Waals surface area contributed by atoms with E-state index in [2.05, 4.69) is 0 Å². The van der Waals surface area contributed by atoms with Gasteiger partial charge in [-0.05, 0) is 30.9 Å². The summed E-state index contributed by atoms with van der Waals surface area (Å²) in [7, 11) is 0. The van der Waals surface area contributed by atoms with Crippen molar-refractivity contribution in [3.05, 3.63) is 45.2 Å². The van der Waals surface area contributed by atoms with Gasteiger partial charge >= 0.3 is 11.4 Å². The van der Waals surface area contributed by atoms with Gasteiger partial charge in [-0.25, -0.2) is 9.59 Å². The average Bonchev–Trinajstić information content (AvgIpc) is 3.08. The molecular formula is C12H11NO3. The number of rotatable bonds is 2. The molecule has 0 radical (unpaired) electrons. The Labute approximate surface area is 91.1 Å². The van der Waals surface area contributed by atoms with Crippen LogP contribution < -0.4 is 11.4 Å². The van der Waals surface area contributed by atoms with Crippen LogP contribution in [-0.2, 0) is 6.54 Å². The van der Waals surface area contributed by atoms with Crippen LogP contribution in [0.5, 0.6) is 0 Å². The first-order valence-electron chi connectivity index (χ1n) is 5.38. The van der Waals surface area contributed by atoms with Crippen LogP contribution in [0, 0.1) is 5.92 Å². The van der Waals surface area contributed by atoms with E-state index in [0.29, 0.717) is 23.4 Å². The zero-order valence-corrected chi connectivity index (χ0v) is 8.68. The van der Waals surface area contributed by atoms with Gasteiger partial charge in [0.25, 0.3) is 0 Å². The van der Waals surface area contributed by atoms with E-state index in [9.17, 15) is 9.59 Å². The Morgan fingerprint density at radius 1 is 1.25 bits per heavy atom. The molecule has 16 heavy (non-hydrogen) atoms. The minimum atomic E-state index is -0.548. The predicted molar refractivity (Wildman–Crippen MR) is 59.5 cm³/mol. The number of hydrogen-bond acceptors (Lipinski definition) is 3. The summed E-state index contributed by atoms with van der Waals surface area (Å²) in [6, 6.07) is 7.07. The lowest BCUT2D eigenvalue weighted by Crippen LogP contribution is -2.25. The van der Waals surface area contributed by atoms with Gasteiger partial charge in [0.15, 0.2) is 0 Å². The zero-order chi connectivity index (χ0) is 11.1. The molecule has 0 spiro atoms. The van der Waals surface area contributed by atoms with Crippen molar-refractivity contribution in [2.24, 2.45) is 5.92 Å². The van der Waals surface area contributed by atoms with Crippen molar-refractivity contribution in [3.8, 4) is 0 Å². The summed E-state index contributed by atoms with van der Waals surface area (Å²) in [6.07, 6.45) is 2.31. The largest absolute Gasteiger partial charge is 0.422 e. The highest BCUT2D eigenvalue weighted by molar-refractivity contribution is 5.77. The van der Waals surface area contributed by atoms with Gasteiger partial charge in [0.05, 0.1) is 10.9 Å². The van der Waals surface area contributed by atoms with Crippen LogP contribution in [-0.4, -0.2) is 4.57 Å². The highest BCUT2D eigenvalue weighted by Gasteiger charge is 2.23. The number of benzene rings is 1. The van der Waals surface area contributed by atoms with E-state index >= 15 is 0 Å². The lowest BCUT2D eigenvalue weighted by molar-refractivity contribution is 0.409. The highest BCUT2D eigenvalue weighted by Crippen LogP contribution is 2.30. The molecule has 0 bridgehead atoms. The SMILES string of the molecule is O=c1oc(=O)n(CC2CC2)c2ccccc12. The van der Waals surface area contributed by atoms with Crippen molar-refractivity contribution >= 4 is 10.9 Å². The van der Waals surface area contributed by atoms with Crippen molar-refractivity contribution in [2.75, 3.05) is 0 Å². The molecule has 4 heteroatoms. The van der Waals surface area contributed by atoms with E-state index in [1.54, 1.807) is 22.8 Å². The van der Waals surface area contributed by atoms with E-state index < -0.39 is 11.4 Å². The molecule has 1 aromatic carbocycles. The fourth-order valence-corrected chi connectivity index (χ4v) is 1.90. The van der Waals surface area contributed by atoms with Crippen molar-refractivity contribution in [3.63, 3.8) is 0 Å². The predicted octanol–water partition coefficient (Wildman–Crippen LogP) is 1.36. The van der Waals surface area contributed by atoms with Gasteiger partial charge in [-0.15, -0.1) is 0 Å². The van der Waals surface area contributed by atoms with Crippen LogP contribution in [0.15, 0.2) is 38.3 Å². The maximum Gasteiger partial charge on any atom is 0.422 e. The summed E-state index contributed by atoms with van der Waals surface area (Å²) in [5, 5.41) is 0.475. The molecule has 82 valence electrons. The Bertz CT molecular complexity index is 649. The normalized spacial score (nSPS) is 15.5. The van der Waals surface area contributed by atoms with Crippen LogP contribution in [0.25, 0.3) is 10.9 Å². The first-order valence-corrected chi connectivity index (χ1v) is 5.38. The highest BCUT2D eigenvalue weighted by atomic mass is 16.4. The number of hydrogen-bond donors (Lipinski definition) is 0. The zero-order valence-electron chi connectivity index (χ0n) is 8.68. The molecule has 2 aromatic rings. The second kappa shape index (κ2) is 3.33. The van der Waals surface area contributed by atoms with Crippen molar-refractivity contribution in [1.82, 2.24) is 4.57 Å². The van der Waals surface area contributed by atoms with Gasteiger partial charge in [-0.2, -0.15) is 0 Å². The molecule has 1 saturated carbocycles. The smallest absolute Gasteiger partial charge is 0.372 e. The summed E-state index contributed by atoms with van der Waals surface area (Å²) < 4.78 is 6.27. The Morgan fingerprint density at radius 2 is 2.00 bits per heavy atom. The second-order valence-electron chi connectivity index (χ2n) is 4.23. The topological polar surface area (TPSA) is 52.2 Å². The van der Waals surface area contributed by atoms with E-state index in [-0.39, 0.29) is 0 Å². The maximum atomic E-state index is 11.6. The number of para-hydroxylation sites is 1. The van der Waals surface area contributed by atoms with Gasteiger partial charge in [-0.1, -0.05) is 12.1 Å². The van der Waals surface area contributed by atoms with E-state index in [1.807, 2.05) is 6.07 Å². The monoisotopic (exact) mass is 217 g/mol. The molecular weight excluding hydrogens is 206 g/mol. The van der Waals surface area contributed by atoms with Gasteiger partial charge in [0.1, 0.15) is 0 Å². The standard InChI is InChI=1S/C12H11NO3/c14-11-9-3-1-2-4-10(9)13(12(15)16-11)7-8-5-6-8/h1-4,8H,5-7H2. The van der Waals surface area contributed by atoms with Crippen molar-refractivity contribution in [2.45, 2.75) is 19.4 Å². The van der Waals surface area contributed by atoms with Crippen LogP contribution in [0.2, 0.25) is 0 Å². The van der Waals surface area contributed by atoms with Crippen molar-refractivity contribution in [1.29, 1.82) is 0 Å². The summed E-state index contributed by atoms with van der Waals surface area (Å²) in [5.74, 6) is 0.0180. The summed E-state index contributed by atoms with van der Waals surface area (Å²) in [4.78, 5) is 23.1. The molecule has 0 atom stereocenters. The fourth-order valence-electron chi connectivity index (χ4n) is 1.90. The molecule has 0 unspecified atom stereocenters. The fraction of sp³-hybridized carbons (Fsp3) is 0.333. The van der Waals surface area contributed by atoms with Crippen LogP contribution in [0.4, 0.5) is 0 Å². The molecule has 0 saturated heterocycles. The van der Waals surface area contributed by atoms with E-state index in [1.165, 1.54) is 0 Å². The molecule has 1 fully saturated rings. The molecule has 3 rings (SSSR count). The van der Waals surface area contributed by atoms with Crippen LogP contribution in [0.3, 0.4) is 0 Å². The lowest BCUT2D eigenvalue weighted by Gasteiger charge is -2.06.